The molecule has 1 fully saturated rings. The molecule has 1 aliphatic heterocycles. The van der Waals surface area contributed by atoms with E-state index in [9.17, 15) is 4.79 Å². The molecule has 0 atom stereocenters. The van der Waals surface area contributed by atoms with Crippen molar-refractivity contribution in [3.8, 4) is 5.69 Å². The van der Waals surface area contributed by atoms with Gasteiger partial charge in [0.25, 0.3) is 5.91 Å². The van der Waals surface area contributed by atoms with Gasteiger partial charge in [-0.2, -0.15) is 0 Å². The highest BCUT2D eigenvalue weighted by molar-refractivity contribution is 7.98. The predicted octanol–water partition coefficient (Wildman–Crippen LogP) is 3.56. The van der Waals surface area contributed by atoms with Crippen LogP contribution in [0.4, 0.5) is 0 Å². The number of piperazine rings is 1. The van der Waals surface area contributed by atoms with Crippen LogP contribution in [0.1, 0.15) is 27.3 Å². The zero-order valence-corrected chi connectivity index (χ0v) is 18.5. The van der Waals surface area contributed by atoms with Crippen molar-refractivity contribution in [2.45, 2.75) is 24.8 Å². The number of carbonyl (C=O) groups is 1. The van der Waals surface area contributed by atoms with Gasteiger partial charge in [-0.25, -0.2) is 0 Å². The van der Waals surface area contributed by atoms with Gasteiger partial charge in [0.1, 0.15) is 5.82 Å². The minimum atomic E-state index is 0.122. The van der Waals surface area contributed by atoms with E-state index < -0.39 is 0 Å². The fraction of sp³-hybridized carbons (Fsp3) is 0.348. The summed E-state index contributed by atoms with van der Waals surface area (Å²) in [5.74, 6) is 1.76. The molecule has 0 aliphatic carbocycles. The summed E-state index contributed by atoms with van der Waals surface area (Å²) in [6.07, 6.45) is 0. The van der Waals surface area contributed by atoms with Crippen molar-refractivity contribution >= 4 is 17.7 Å². The van der Waals surface area contributed by atoms with E-state index >= 15 is 0 Å². The molecule has 1 saturated heterocycles. The number of hydrogen-bond donors (Lipinski definition) is 0. The van der Waals surface area contributed by atoms with E-state index in [1.54, 1.807) is 11.8 Å². The first-order valence-corrected chi connectivity index (χ1v) is 11.2. The van der Waals surface area contributed by atoms with E-state index in [2.05, 4.69) is 57.9 Å². The normalized spacial score (nSPS) is 14.8. The van der Waals surface area contributed by atoms with Gasteiger partial charge in [-0.1, -0.05) is 41.6 Å². The van der Waals surface area contributed by atoms with E-state index in [1.807, 2.05) is 36.1 Å². The first-order valence-electron chi connectivity index (χ1n) is 10.2. The zero-order chi connectivity index (χ0) is 21.1. The summed E-state index contributed by atoms with van der Waals surface area (Å²) in [6.45, 7) is 7.50. The monoisotopic (exact) mass is 421 g/mol. The van der Waals surface area contributed by atoms with Crippen molar-refractivity contribution in [2.75, 3.05) is 33.2 Å². The largest absolute Gasteiger partial charge is 0.336 e. The van der Waals surface area contributed by atoms with E-state index in [0.717, 1.165) is 59.7 Å². The van der Waals surface area contributed by atoms with Gasteiger partial charge in [-0.15, -0.1) is 10.2 Å². The second kappa shape index (κ2) is 9.02. The van der Waals surface area contributed by atoms with Gasteiger partial charge in [0, 0.05) is 43.2 Å². The lowest BCUT2D eigenvalue weighted by molar-refractivity contribution is 0.0664. The Morgan fingerprint density at radius 3 is 2.27 bits per heavy atom. The van der Waals surface area contributed by atoms with Crippen LogP contribution in [0.5, 0.6) is 0 Å². The molecule has 6 nitrogen and oxygen atoms in total. The third kappa shape index (κ3) is 4.57. The van der Waals surface area contributed by atoms with Crippen LogP contribution in [-0.4, -0.2) is 63.7 Å². The van der Waals surface area contributed by atoms with Crippen LogP contribution in [0.25, 0.3) is 5.69 Å². The maximum atomic E-state index is 12.7. The highest BCUT2D eigenvalue weighted by Gasteiger charge is 2.20. The number of amides is 1. The molecule has 0 unspecified atom stereocenters. The third-order valence-electron chi connectivity index (χ3n) is 5.45. The van der Waals surface area contributed by atoms with Crippen molar-refractivity contribution in [1.29, 1.82) is 0 Å². The molecule has 7 heteroatoms. The number of likely N-dealkylation sites (N-methyl/N-ethyl adjacent to an activating group) is 1. The number of thioether (sulfide) groups is 1. The molecule has 1 aliphatic rings. The number of rotatable bonds is 5. The van der Waals surface area contributed by atoms with Crippen LogP contribution in [0.15, 0.2) is 53.7 Å². The fourth-order valence-electron chi connectivity index (χ4n) is 3.51. The van der Waals surface area contributed by atoms with Crippen LogP contribution in [0.3, 0.4) is 0 Å². The molecule has 0 N–H and O–H groups in total. The maximum absolute atomic E-state index is 12.7. The van der Waals surface area contributed by atoms with Gasteiger partial charge >= 0.3 is 0 Å². The molecule has 2 heterocycles. The molecule has 0 radical (unpaired) electrons. The molecule has 30 heavy (non-hydrogen) atoms. The van der Waals surface area contributed by atoms with Crippen molar-refractivity contribution in [3.63, 3.8) is 0 Å². The van der Waals surface area contributed by atoms with Crippen LogP contribution < -0.4 is 0 Å². The average Bonchev–Trinajstić information content (AvgIpc) is 3.13. The fourth-order valence-corrected chi connectivity index (χ4v) is 4.46. The minimum Gasteiger partial charge on any atom is -0.336 e. The van der Waals surface area contributed by atoms with Crippen LogP contribution in [0, 0.1) is 13.8 Å². The smallest absolute Gasteiger partial charge is 0.253 e. The molecule has 1 aromatic heterocycles. The third-order valence-corrected chi connectivity index (χ3v) is 6.45. The first-order chi connectivity index (χ1) is 14.5. The Bertz CT molecular complexity index is 1010. The number of hydrogen-bond acceptors (Lipinski definition) is 5. The molecular weight excluding hydrogens is 394 g/mol. The van der Waals surface area contributed by atoms with Crippen LogP contribution in [-0.2, 0) is 5.75 Å². The second-order valence-electron chi connectivity index (χ2n) is 7.78. The summed E-state index contributed by atoms with van der Waals surface area (Å²) in [5, 5.41) is 9.48. The van der Waals surface area contributed by atoms with Gasteiger partial charge in [0.2, 0.25) is 0 Å². The van der Waals surface area contributed by atoms with E-state index in [0.29, 0.717) is 0 Å². The Hall–Kier alpha value is -2.64. The zero-order valence-electron chi connectivity index (χ0n) is 17.7. The molecule has 0 spiro atoms. The molecular formula is C23H27N5OS. The SMILES string of the molecule is Cc1ccc(-n2c(C)nnc2SCc2ccc(C(=O)N3CCN(C)CC3)cc2)cc1. The molecule has 3 aromatic rings. The van der Waals surface area contributed by atoms with Gasteiger partial charge in [-0.05, 0) is 50.7 Å². The summed E-state index contributed by atoms with van der Waals surface area (Å²) < 4.78 is 2.08. The average molecular weight is 422 g/mol. The van der Waals surface area contributed by atoms with Crippen LogP contribution >= 0.6 is 11.8 Å². The first kappa shape index (κ1) is 20.6. The molecule has 0 saturated carbocycles. The standard InChI is InChI=1S/C23H27N5OS/c1-17-4-10-21(11-5-17)28-18(2)24-25-23(28)30-16-19-6-8-20(9-7-19)22(29)27-14-12-26(3)13-15-27/h4-11H,12-16H2,1-3H3. The topological polar surface area (TPSA) is 54.3 Å². The van der Waals surface area contributed by atoms with Crippen molar-refractivity contribution in [1.82, 2.24) is 24.6 Å². The van der Waals surface area contributed by atoms with Gasteiger partial charge < -0.3 is 9.80 Å². The summed E-state index contributed by atoms with van der Waals surface area (Å²) in [5.41, 5.74) is 4.21. The van der Waals surface area contributed by atoms with Gasteiger partial charge in [-0.3, -0.25) is 9.36 Å². The highest BCUT2D eigenvalue weighted by Crippen LogP contribution is 2.25. The maximum Gasteiger partial charge on any atom is 0.253 e. The molecule has 1 amide bonds. The summed E-state index contributed by atoms with van der Waals surface area (Å²) in [6, 6.07) is 16.3. The van der Waals surface area contributed by atoms with Crippen molar-refractivity contribution < 1.29 is 4.79 Å². The number of aromatic nitrogens is 3. The molecule has 4 rings (SSSR count). The lowest BCUT2D eigenvalue weighted by atomic mass is 10.1. The van der Waals surface area contributed by atoms with Gasteiger partial charge in [0.15, 0.2) is 5.16 Å². The highest BCUT2D eigenvalue weighted by atomic mass is 32.2. The predicted molar refractivity (Wildman–Crippen MR) is 120 cm³/mol. The summed E-state index contributed by atoms with van der Waals surface area (Å²) in [4.78, 5) is 16.9. The van der Waals surface area contributed by atoms with E-state index in [4.69, 9.17) is 0 Å². The van der Waals surface area contributed by atoms with E-state index in [-0.39, 0.29) is 5.91 Å². The number of carbonyl (C=O) groups excluding carboxylic acids is 1. The Morgan fingerprint density at radius 2 is 1.60 bits per heavy atom. The number of aryl methyl sites for hydroxylation is 2. The molecule has 2 aromatic carbocycles. The van der Waals surface area contributed by atoms with Crippen LogP contribution in [0.2, 0.25) is 0 Å². The Balaban J connectivity index is 1.41. The lowest BCUT2D eigenvalue weighted by Gasteiger charge is -2.32. The molecule has 156 valence electrons. The Morgan fingerprint density at radius 1 is 0.933 bits per heavy atom. The van der Waals surface area contributed by atoms with Gasteiger partial charge in [0.05, 0.1) is 0 Å². The lowest BCUT2D eigenvalue weighted by Crippen LogP contribution is -2.47. The van der Waals surface area contributed by atoms with E-state index in [1.165, 1.54) is 5.56 Å². The Labute approximate surface area is 181 Å². The molecule has 0 bridgehead atoms. The summed E-state index contributed by atoms with van der Waals surface area (Å²) >= 11 is 1.65. The van der Waals surface area contributed by atoms with Crippen molar-refractivity contribution in [3.05, 3.63) is 71.0 Å². The number of benzene rings is 2. The second-order valence-corrected chi connectivity index (χ2v) is 8.72. The van der Waals surface area contributed by atoms with Crippen molar-refractivity contribution in [2.24, 2.45) is 0 Å². The number of nitrogens with zero attached hydrogens (tertiary/aromatic N) is 5. The Kier molecular flexibility index (Phi) is 6.20. The summed E-state index contributed by atoms with van der Waals surface area (Å²) in [7, 11) is 2.09. The minimum absolute atomic E-state index is 0.122. The quantitative estimate of drug-likeness (QED) is 0.590.